The molecule has 104 valence electrons. The standard InChI is InChI=1S/C13H24N2O2S/c1-10(15-6-8-18-9-7-15)13(17)14-11-4-2-3-5-12(11)16/h10-12,16H,2-9H2,1H3,(H,14,17). The lowest BCUT2D eigenvalue weighted by Crippen LogP contribution is -2.53. The van der Waals surface area contributed by atoms with Gasteiger partial charge in [-0.15, -0.1) is 0 Å². The Morgan fingerprint density at radius 1 is 1.33 bits per heavy atom. The van der Waals surface area contributed by atoms with Crippen molar-refractivity contribution in [2.45, 2.75) is 50.8 Å². The Morgan fingerprint density at radius 3 is 2.67 bits per heavy atom. The number of carbonyl (C=O) groups excluding carboxylic acids is 1. The predicted molar refractivity (Wildman–Crippen MR) is 74.8 cm³/mol. The number of aliphatic hydroxyl groups excluding tert-OH is 1. The highest BCUT2D eigenvalue weighted by Gasteiger charge is 2.28. The topological polar surface area (TPSA) is 52.6 Å². The van der Waals surface area contributed by atoms with E-state index in [1.807, 2.05) is 18.7 Å². The molecule has 2 fully saturated rings. The Balaban J connectivity index is 1.82. The largest absolute Gasteiger partial charge is 0.391 e. The molecule has 0 spiro atoms. The SMILES string of the molecule is CC(C(=O)NC1CCCCC1O)N1CCSCC1. The average molecular weight is 272 g/mol. The molecule has 2 aliphatic rings. The first-order valence-corrected chi connectivity index (χ1v) is 8.14. The summed E-state index contributed by atoms with van der Waals surface area (Å²) in [5, 5.41) is 12.9. The van der Waals surface area contributed by atoms with E-state index in [4.69, 9.17) is 0 Å². The summed E-state index contributed by atoms with van der Waals surface area (Å²) < 4.78 is 0. The van der Waals surface area contributed by atoms with E-state index in [-0.39, 0.29) is 24.1 Å². The van der Waals surface area contributed by atoms with Crippen molar-refractivity contribution in [3.05, 3.63) is 0 Å². The second-order valence-electron chi connectivity index (χ2n) is 5.29. The molecule has 3 atom stereocenters. The summed E-state index contributed by atoms with van der Waals surface area (Å²) in [6.07, 6.45) is 3.56. The van der Waals surface area contributed by atoms with Crippen LogP contribution < -0.4 is 5.32 Å². The molecule has 0 aromatic carbocycles. The molecular formula is C13H24N2O2S. The van der Waals surface area contributed by atoms with Gasteiger partial charge in [-0.3, -0.25) is 9.69 Å². The zero-order valence-electron chi connectivity index (χ0n) is 11.1. The molecule has 18 heavy (non-hydrogen) atoms. The second kappa shape index (κ2) is 6.78. The summed E-state index contributed by atoms with van der Waals surface area (Å²) >= 11 is 1.95. The van der Waals surface area contributed by atoms with Crippen LogP contribution in [0.5, 0.6) is 0 Å². The fourth-order valence-electron chi connectivity index (χ4n) is 2.71. The van der Waals surface area contributed by atoms with E-state index in [2.05, 4.69) is 10.2 Å². The van der Waals surface area contributed by atoms with Crippen LogP contribution in [0.2, 0.25) is 0 Å². The van der Waals surface area contributed by atoms with Crippen LogP contribution in [0.4, 0.5) is 0 Å². The first kappa shape index (κ1) is 14.2. The van der Waals surface area contributed by atoms with Crippen molar-refractivity contribution >= 4 is 17.7 Å². The fraction of sp³-hybridized carbons (Fsp3) is 0.923. The van der Waals surface area contributed by atoms with E-state index in [0.29, 0.717) is 0 Å². The van der Waals surface area contributed by atoms with Crippen LogP contribution in [0.15, 0.2) is 0 Å². The molecule has 1 saturated carbocycles. The number of hydrogen-bond donors (Lipinski definition) is 2. The number of aliphatic hydroxyl groups is 1. The third kappa shape index (κ3) is 3.62. The van der Waals surface area contributed by atoms with Crippen LogP contribution in [-0.4, -0.2) is 58.7 Å². The zero-order valence-corrected chi connectivity index (χ0v) is 11.9. The van der Waals surface area contributed by atoms with Gasteiger partial charge in [-0.05, 0) is 19.8 Å². The molecule has 0 radical (unpaired) electrons. The first-order valence-electron chi connectivity index (χ1n) is 6.98. The van der Waals surface area contributed by atoms with E-state index < -0.39 is 0 Å². The Hall–Kier alpha value is -0.260. The summed E-state index contributed by atoms with van der Waals surface area (Å²) in [6, 6.07) is -0.104. The number of carbonyl (C=O) groups is 1. The van der Waals surface area contributed by atoms with E-state index in [1.54, 1.807) is 0 Å². The zero-order chi connectivity index (χ0) is 13.0. The lowest BCUT2D eigenvalue weighted by atomic mass is 9.92. The lowest BCUT2D eigenvalue weighted by Gasteiger charge is -2.34. The van der Waals surface area contributed by atoms with E-state index in [1.165, 1.54) is 0 Å². The number of thioether (sulfide) groups is 1. The molecule has 1 heterocycles. The van der Waals surface area contributed by atoms with E-state index >= 15 is 0 Å². The van der Waals surface area contributed by atoms with Crippen LogP contribution in [0, 0.1) is 0 Å². The molecule has 1 aliphatic heterocycles. The van der Waals surface area contributed by atoms with Crippen molar-refractivity contribution in [1.82, 2.24) is 10.2 Å². The van der Waals surface area contributed by atoms with Crippen molar-refractivity contribution in [3.8, 4) is 0 Å². The van der Waals surface area contributed by atoms with Crippen molar-refractivity contribution < 1.29 is 9.90 Å². The summed E-state index contributed by atoms with van der Waals surface area (Å²) in [7, 11) is 0. The number of rotatable bonds is 3. The molecule has 1 aliphatic carbocycles. The monoisotopic (exact) mass is 272 g/mol. The van der Waals surface area contributed by atoms with Crippen molar-refractivity contribution in [2.75, 3.05) is 24.6 Å². The highest BCUT2D eigenvalue weighted by molar-refractivity contribution is 7.99. The van der Waals surface area contributed by atoms with Gasteiger partial charge in [0.25, 0.3) is 0 Å². The van der Waals surface area contributed by atoms with Crippen LogP contribution in [0.25, 0.3) is 0 Å². The maximum atomic E-state index is 12.2. The van der Waals surface area contributed by atoms with E-state index in [9.17, 15) is 9.90 Å². The second-order valence-corrected chi connectivity index (χ2v) is 6.52. The Labute approximate surface area is 113 Å². The lowest BCUT2D eigenvalue weighted by molar-refractivity contribution is -0.127. The summed E-state index contributed by atoms with van der Waals surface area (Å²) in [4.78, 5) is 14.4. The van der Waals surface area contributed by atoms with Gasteiger partial charge in [0.15, 0.2) is 0 Å². The quantitative estimate of drug-likeness (QED) is 0.799. The van der Waals surface area contributed by atoms with Gasteiger partial charge >= 0.3 is 0 Å². The van der Waals surface area contributed by atoms with Gasteiger partial charge in [-0.2, -0.15) is 11.8 Å². The van der Waals surface area contributed by atoms with Gasteiger partial charge in [-0.1, -0.05) is 12.8 Å². The van der Waals surface area contributed by atoms with Crippen molar-refractivity contribution in [1.29, 1.82) is 0 Å². The number of nitrogens with one attached hydrogen (secondary N) is 1. The van der Waals surface area contributed by atoms with Gasteiger partial charge in [0.05, 0.1) is 18.2 Å². The van der Waals surface area contributed by atoms with Crippen molar-refractivity contribution in [2.24, 2.45) is 0 Å². The Morgan fingerprint density at radius 2 is 2.00 bits per heavy atom. The molecule has 3 unspecified atom stereocenters. The molecule has 0 bridgehead atoms. The predicted octanol–water partition coefficient (Wildman–Crippen LogP) is 0.843. The molecule has 1 saturated heterocycles. The molecule has 2 rings (SSSR count). The molecule has 0 aromatic rings. The Kier molecular flexibility index (Phi) is 5.33. The molecular weight excluding hydrogens is 248 g/mol. The van der Waals surface area contributed by atoms with Gasteiger partial charge in [0.2, 0.25) is 5.91 Å². The van der Waals surface area contributed by atoms with E-state index in [0.717, 1.165) is 50.3 Å². The van der Waals surface area contributed by atoms with Crippen LogP contribution in [-0.2, 0) is 4.79 Å². The molecule has 1 amide bonds. The summed E-state index contributed by atoms with van der Waals surface area (Å²) in [5.74, 6) is 2.31. The minimum atomic E-state index is -0.355. The number of amides is 1. The van der Waals surface area contributed by atoms with Crippen LogP contribution in [0.3, 0.4) is 0 Å². The number of nitrogens with zero attached hydrogens (tertiary/aromatic N) is 1. The molecule has 2 N–H and O–H groups in total. The van der Waals surface area contributed by atoms with Gasteiger partial charge in [0, 0.05) is 24.6 Å². The van der Waals surface area contributed by atoms with Crippen LogP contribution in [0.1, 0.15) is 32.6 Å². The smallest absolute Gasteiger partial charge is 0.237 e. The highest BCUT2D eigenvalue weighted by Crippen LogP contribution is 2.19. The molecule has 0 aromatic heterocycles. The maximum absolute atomic E-state index is 12.2. The maximum Gasteiger partial charge on any atom is 0.237 e. The average Bonchev–Trinajstić information content (AvgIpc) is 2.41. The normalized spacial score (nSPS) is 31.9. The van der Waals surface area contributed by atoms with Crippen molar-refractivity contribution in [3.63, 3.8) is 0 Å². The molecule has 5 heteroatoms. The van der Waals surface area contributed by atoms with Crippen LogP contribution >= 0.6 is 11.8 Å². The van der Waals surface area contributed by atoms with Gasteiger partial charge in [0.1, 0.15) is 0 Å². The molecule has 4 nitrogen and oxygen atoms in total. The minimum absolute atomic E-state index is 0.0344. The summed E-state index contributed by atoms with van der Waals surface area (Å²) in [6.45, 7) is 3.96. The summed E-state index contributed by atoms with van der Waals surface area (Å²) in [5.41, 5.74) is 0. The fourth-order valence-corrected chi connectivity index (χ4v) is 3.64. The highest BCUT2D eigenvalue weighted by atomic mass is 32.2. The first-order chi connectivity index (χ1) is 8.68. The Bertz CT molecular complexity index is 282. The van der Waals surface area contributed by atoms with Gasteiger partial charge in [-0.25, -0.2) is 0 Å². The third-order valence-electron chi connectivity index (χ3n) is 4.03. The minimum Gasteiger partial charge on any atom is -0.391 e. The number of hydrogen-bond acceptors (Lipinski definition) is 4. The third-order valence-corrected chi connectivity index (χ3v) is 4.97. The van der Waals surface area contributed by atoms with Gasteiger partial charge < -0.3 is 10.4 Å².